The molecule has 6 heteroatoms. The lowest BCUT2D eigenvalue weighted by Crippen LogP contribution is -2.38. The first-order valence-electron chi connectivity index (χ1n) is 7.74. The Morgan fingerprint density at radius 2 is 2.17 bits per heavy atom. The highest BCUT2D eigenvalue weighted by molar-refractivity contribution is 5.80. The molecule has 0 bridgehead atoms. The zero-order chi connectivity index (χ0) is 16.7. The van der Waals surface area contributed by atoms with Gasteiger partial charge in [0.15, 0.2) is 5.96 Å². The molecular weight excluding hydrogens is 292 g/mol. The summed E-state index contributed by atoms with van der Waals surface area (Å²) in [6.45, 7) is 7.22. The molecular formula is C17H24N4O2. The van der Waals surface area contributed by atoms with Gasteiger partial charge in [-0.1, -0.05) is 23.4 Å². The number of hydrogen-bond donors (Lipinski definition) is 2. The second-order valence-corrected chi connectivity index (χ2v) is 5.23. The molecule has 0 saturated carbocycles. The number of ether oxygens (including phenoxy) is 1. The maximum Gasteiger partial charge on any atom is 0.192 e. The molecule has 124 valence electrons. The number of aryl methyl sites for hydroxylation is 1. The molecule has 1 aromatic heterocycles. The highest BCUT2D eigenvalue weighted by atomic mass is 16.5. The van der Waals surface area contributed by atoms with Crippen LogP contribution in [0.15, 0.2) is 39.8 Å². The molecule has 0 aliphatic rings. The largest absolute Gasteiger partial charge is 0.496 e. The number of benzene rings is 1. The summed E-state index contributed by atoms with van der Waals surface area (Å²) >= 11 is 0. The van der Waals surface area contributed by atoms with Gasteiger partial charge < -0.3 is 19.9 Å². The van der Waals surface area contributed by atoms with Crippen molar-refractivity contribution in [1.82, 2.24) is 15.8 Å². The average molecular weight is 316 g/mol. The second kappa shape index (κ2) is 8.22. The van der Waals surface area contributed by atoms with Crippen LogP contribution in [-0.4, -0.2) is 24.8 Å². The van der Waals surface area contributed by atoms with Gasteiger partial charge in [0.2, 0.25) is 0 Å². The molecule has 0 aliphatic carbocycles. The lowest BCUT2D eigenvalue weighted by molar-refractivity contribution is 0.391. The second-order valence-electron chi connectivity index (χ2n) is 5.23. The first-order chi connectivity index (χ1) is 11.1. The molecule has 6 nitrogen and oxygen atoms in total. The van der Waals surface area contributed by atoms with Gasteiger partial charge in [-0.25, -0.2) is 4.99 Å². The summed E-state index contributed by atoms with van der Waals surface area (Å²) in [7, 11) is 1.68. The minimum atomic E-state index is 0.0583. The monoisotopic (exact) mass is 316 g/mol. The fraction of sp³-hybridized carbons (Fsp3) is 0.412. The highest BCUT2D eigenvalue weighted by Gasteiger charge is 2.12. The Bertz CT molecular complexity index is 652. The smallest absolute Gasteiger partial charge is 0.192 e. The van der Waals surface area contributed by atoms with Gasteiger partial charge in [-0.2, -0.15) is 0 Å². The number of para-hydroxylation sites is 1. The third-order valence-electron chi connectivity index (χ3n) is 3.38. The number of rotatable bonds is 6. The van der Waals surface area contributed by atoms with Gasteiger partial charge in [-0.15, -0.1) is 0 Å². The maximum absolute atomic E-state index is 5.42. The van der Waals surface area contributed by atoms with Crippen LogP contribution >= 0.6 is 0 Å². The van der Waals surface area contributed by atoms with Crippen LogP contribution in [0.25, 0.3) is 0 Å². The van der Waals surface area contributed by atoms with Gasteiger partial charge >= 0.3 is 0 Å². The van der Waals surface area contributed by atoms with Crippen molar-refractivity contribution in [2.24, 2.45) is 4.99 Å². The minimum Gasteiger partial charge on any atom is -0.496 e. The molecule has 1 aromatic carbocycles. The van der Waals surface area contributed by atoms with Crippen LogP contribution in [-0.2, 0) is 6.54 Å². The summed E-state index contributed by atoms with van der Waals surface area (Å²) in [5, 5.41) is 10.6. The van der Waals surface area contributed by atoms with Gasteiger partial charge in [0, 0.05) is 18.2 Å². The Kier molecular flexibility index (Phi) is 6.02. The zero-order valence-corrected chi connectivity index (χ0v) is 14.1. The van der Waals surface area contributed by atoms with Gasteiger partial charge in [-0.3, -0.25) is 0 Å². The first-order valence-corrected chi connectivity index (χ1v) is 7.74. The van der Waals surface area contributed by atoms with Gasteiger partial charge in [0.05, 0.1) is 19.7 Å². The molecule has 0 saturated heterocycles. The summed E-state index contributed by atoms with van der Waals surface area (Å²) in [6.07, 6.45) is 0. The van der Waals surface area contributed by atoms with E-state index in [4.69, 9.17) is 9.26 Å². The van der Waals surface area contributed by atoms with Crippen LogP contribution in [0.2, 0.25) is 0 Å². The molecule has 2 rings (SSSR count). The molecule has 2 N–H and O–H groups in total. The van der Waals surface area contributed by atoms with Gasteiger partial charge in [0.1, 0.15) is 17.2 Å². The normalized spacial score (nSPS) is 12.8. The summed E-state index contributed by atoms with van der Waals surface area (Å²) in [5.74, 6) is 2.37. The van der Waals surface area contributed by atoms with E-state index < -0.39 is 0 Å². The summed E-state index contributed by atoms with van der Waals surface area (Å²) in [4.78, 5) is 4.55. The predicted molar refractivity (Wildman–Crippen MR) is 90.6 cm³/mol. The predicted octanol–water partition coefficient (Wildman–Crippen LogP) is 2.81. The number of hydrogen-bond acceptors (Lipinski definition) is 4. The topological polar surface area (TPSA) is 71.7 Å². The van der Waals surface area contributed by atoms with Crippen LogP contribution in [0.3, 0.4) is 0 Å². The molecule has 0 fully saturated rings. The Morgan fingerprint density at radius 3 is 2.83 bits per heavy atom. The highest BCUT2D eigenvalue weighted by Crippen LogP contribution is 2.24. The van der Waals surface area contributed by atoms with Crippen molar-refractivity contribution in [2.45, 2.75) is 33.4 Å². The van der Waals surface area contributed by atoms with E-state index in [1.54, 1.807) is 7.11 Å². The number of nitrogens with one attached hydrogen (secondary N) is 2. The van der Waals surface area contributed by atoms with E-state index >= 15 is 0 Å². The molecule has 0 aliphatic heterocycles. The standard InChI is InChI=1S/C17H24N4O2/c1-5-18-17(19-11-14-10-12(2)23-21-14)20-13(3)15-8-6-7-9-16(15)22-4/h6-10,13H,5,11H2,1-4H3,(H2,18,19,20). The molecule has 2 aromatic rings. The van der Waals surface area contributed by atoms with E-state index in [1.165, 1.54) is 0 Å². The molecule has 1 unspecified atom stereocenters. The Morgan fingerprint density at radius 1 is 1.39 bits per heavy atom. The third kappa shape index (κ3) is 4.74. The molecule has 0 amide bonds. The van der Waals surface area contributed by atoms with Crippen molar-refractivity contribution in [1.29, 1.82) is 0 Å². The van der Waals surface area contributed by atoms with Crippen molar-refractivity contribution < 1.29 is 9.26 Å². The van der Waals surface area contributed by atoms with Gasteiger partial charge in [-0.05, 0) is 26.8 Å². The van der Waals surface area contributed by atoms with E-state index in [-0.39, 0.29) is 6.04 Å². The number of nitrogens with zero attached hydrogens (tertiary/aromatic N) is 2. The fourth-order valence-corrected chi connectivity index (χ4v) is 2.28. The third-order valence-corrected chi connectivity index (χ3v) is 3.38. The number of methoxy groups -OCH3 is 1. The zero-order valence-electron chi connectivity index (χ0n) is 14.1. The first kappa shape index (κ1) is 16.9. The van der Waals surface area contributed by atoms with Crippen LogP contribution in [0, 0.1) is 6.92 Å². The van der Waals surface area contributed by atoms with Crippen LogP contribution < -0.4 is 15.4 Å². The van der Waals surface area contributed by atoms with Crippen LogP contribution in [0.4, 0.5) is 0 Å². The van der Waals surface area contributed by atoms with E-state index in [2.05, 4.69) is 27.7 Å². The summed E-state index contributed by atoms with van der Waals surface area (Å²) < 4.78 is 10.5. The van der Waals surface area contributed by atoms with E-state index in [0.717, 1.165) is 35.3 Å². The number of guanidine groups is 1. The van der Waals surface area contributed by atoms with Crippen LogP contribution in [0.5, 0.6) is 5.75 Å². The summed E-state index contributed by atoms with van der Waals surface area (Å²) in [6, 6.07) is 9.90. The van der Waals surface area contributed by atoms with Gasteiger partial charge in [0.25, 0.3) is 0 Å². The molecule has 0 spiro atoms. The number of aromatic nitrogens is 1. The van der Waals surface area contributed by atoms with E-state index in [0.29, 0.717) is 6.54 Å². The minimum absolute atomic E-state index is 0.0583. The molecule has 1 atom stereocenters. The maximum atomic E-state index is 5.42. The lowest BCUT2D eigenvalue weighted by Gasteiger charge is -2.20. The molecule has 0 radical (unpaired) electrons. The lowest BCUT2D eigenvalue weighted by atomic mass is 10.1. The van der Waals surface area contributed by atoms with Crippen molar-refractivity contribution in [2.75, 3.05) is 13.7 Å². The Hall–Kier alpha value is -2.50. The van der Waals surface area contributed by atoms with E-state index in [1.807, 2.05) is 44.2 Å². The average Bonchev–Trinajstić information content (AvgIpc) is 2.98. The molecule has 23 heavy (non-hydrogen) atoms. The van der Waals surface area contributed by atoms with Crippen molar-refractivity contribution in [3.05, 3.63) is 47.3 Å². The number of aliphatic imine (C=N–C) groups is 1. The molecule has 1 heterocycles. The summed E-state index contributed by atoms with van der Waals surface area (Å²) in [5.41, 5.74) is 1.89. The van der Waals surface area contributed by atoms with E-state index in [9.17, 15) is 0 Å². The van der Waals surface area contributed by atoms with Crippen molar-refractivity contribution in [3.63, 3.8) is 0 Å². The quantitative estimate of drug-likeness (QED) is 0.633. The van der Waals surface area contributed by atoms with Crippen LogP contribution in [0.1, 0.15) is 36.9 Å². The fourth-order valence-electron chi connectivity index (χ4n) is 2.28. The Balaban J connectivity index is 2.08. The SMILES string of the molecule is CCNC(=NCc1cc(C)on1)NC(C)c1ccccc1OC. The Labute approximate surface area is 136 Å². The van der Waals surface area contributed by atoms with Crippen molar-refractivity contribution >= 4 is 5.96 Å². The van der Waals surface area contributed by atoms with Crippen molar-refractivity contribution in [3.8, 4) is 5.75 Å².